The highest BCUT2D eigenvalue weighted by Crippen LogP contribution is 2.35. The van der Waals surface area contributed by atoms with Crippen molar-refractivity contribution in [2.75, 3.05) is 54.3 Å². The summed E-state index contributed by atoms with van der Waals surface area (Å²) < 4.78 is 28.7. The van der Waals surface area contributed by atoms with Crippen LogP contribution < -0.4 is 14.5 Å². The molecule has 0 saturated carbocycles. The second-order valence-corrected chi connectivity index (χ2v) is 9.79. The average molecular weight is 370 g/mol. The molecule has 6 nitrogen and oxygen atoms in total. The number of carbonyl (C=O) groups is 1. The van der Waals surface area contributed by atoms with Crippen molar-refractivity contribution in [1.29, 1.82) is 0 Å². The molecule has 3 rings (SSSR count). The Labute approximate surface area is 147 Å². The number of carbonyl (C=O) groups excluding carboxylic acids is 1. The van der Waals surface area contributed by atoms with Crippen molar-refractivity contribution < 1.29 is 17.9 Å². The molecule has 0 spiro atoms. The van der Waals surface area contributed by atoms with Gasteiger partial charge in [-0.15, -0.1) is 11.8 Å². The van der Waals surface area contributed by atoms with Gasteiger partial charge in [0.15, 0.2) is 9.84 Å². The zero-order valence-corrected chi connectivity index (χ0v) is 15.5. The molecule has 0 unspecified atom stereocenters. The van der Waals surface area contributed by atoms with Gasteiger partial charge in [0.05, 0.1) is 29.5 Å². The molecule has 8 heteroatoms. The molecule has 0 radical (unpaired) electrons. The summed E-state index contributed by atoms with van der Waals surface area (Å²) in [6.07, 6.45) is 0.645. The van der Waals surface area contributed by atoms with Crippen molar-refractivity contribution in [2.24, 2.45) is 0 Å². The Hall–Kier alpha value is -1.41. The smallest absolute Gasteiger partial charge is 0.237 e. The van der Waals surface area contributed by atoms with Gasteiger partial charge >= 0.3 is 0 Å². The summed E-state index contributed by atoms with van der Waals surface area (Å²) >= 11 is 1.45. The van der Waals surface area contributed by atoms with Crippen molar-refractivity contribution in [3.8, 4) is 5.75 Å². The third-order valence-corrected chi connectivity index (χ3v) is 7.52. The highest BCUT2D eigenvalue weighted by Gasteiger charge is 2.30. The molecule has 1 amide bonds. The van der Waals surface area contributed by atoms with Crippen molar-refractivity contribution in [3.63, 3.8) is 0 Å². The molecule has 1 fully saturated rings. The third kappa shape index (κ3) is 3.80. The van der Waals surface area contributed by atoms with Crippen LogP contribution in [0, 0.1) is 0 Å². The first-order valence-corrected chi connectivity index (χ1v) is 10.8. The van der Waals surface area contributed by atoms with Gasteiger partial charge in [-0.3, -0.25) is 4.79 Å². The lowest BCUT2D eigenvalue weighted by Crippen LogP contribution is -2.39. The van der Waals surface area contributed by atoms with Crippen molar-refractivity contribution in [3.05, 3.63) is 18.2 Å². The van der Waals surface area contributed by atoms with Crippen LogP contribution in [0.25, 0.3) is 0 Å². The molecule has 2 aliphatic heterocycles. The molecule has 0 bridgehead atoms. The minimum absolute atomic E-state index is 0.00597. The van der Waals surface area contributed by atoms with E-state index in [1.54, 1.807) is 4.90 Å². The molecule has 1 aromatic carbocycles. The van der Waals surface area contributed by atoms with Gasteiger partial charge in [0.1, 0.15) is 12.4 Å². The fraction of sp³-hybridized carbons (Fsp3) is 0.562. The quantitative estimate of drug-likeness (QED) is 0.798. The molecule has 1 saturated heterocycles. The summed E-state index contributed by atoms with van der Waals surface area (Å²) in [5, 5.41) is 0.0376. The van der Waals surface area contributed by atoms with E-state index < -0.39 is 9.84 Å². The molecular formula is C16H22N2O4S2. The monoisotopic (exact) mass is 370 g/mol. The Balaban J connectivity index is 1.66. The summed E-state index contributed by atoms with van der Waals surface area (Å²) in [6, 6.07) is 5.81. The minimum atomic E-state index is -2.90. The predicted molar refractivity (Wildman–Crippen MR) is 98.1 cm³/mol. The number of sulfone groups is 1. The van der Waals surface area contributed by atoms with E-state index in [1.165, 1.54) is 11.8 Å². The van der Waals surface area contributed by atoms with Gasteiger partial charge in [0.2, 0.25) is 5.91 Å². The largest absolute Gasteiger partial charge is 0.489 e. The lowest BCUT2D eigenvalue weighted by atomic mass is 10.2. The third-order valence-electron chi connectivity index (χ3n) is 4.26. The van der Waals surface area contributed by atoms with E-state index in [0.29, 0.717) is 31.1 Å². The standard InChI is InChI=1S/C16H22N2O4S2/c1-17(2)12-3-4-14-15(9-12)22-7-6-18(14)16(19)10-23-13-5-8-24(20,21)11-13/h3-4,9,13H,5-8,10-11H2,1-2H3/t13-/m0/s1. The molecule has 24 heavy (non-hydrogen) atoms. The second-order valence-electron chi connectivity index (χ2n) is 6.28. The topological polar surface area (TPSA) is 66.9 Å². The number of anilines is 2. The number of rotatable bonds is 4. The molecule has 1 atom stereocenters. The van der Waals surface area contributed by atoms with Crippen LogP contribution in [-0.4, -0.2) is 64.1 Å². The number of hydrogen-bond acceptors (Lipinski definition) is 6. The number of hydrogen-bond donors (Lipinski definition) is 0. The molecule has 0 N–H and O–H groups in total. The summed E-state index contributed by atoms with van der Waals surface area (Å²) in [7, 11) is 1.02. The van der Waals surface area contributed by atoms with Crippen LogP contribution in [0.4, 0.5) is 11.4 Å². The minimum Gasteiger partial charge on any atom is -0.489 e. The highest BCUT2D eigenvalue weighted by atomic mass is 32.2. The van der Waals surface area contributed by atoms with E-state index in [1.807, 2.05) is 37.2 Å². The lowest BCUT2D eigenvalue weighted by Gasteiger charge is -2.30. The fourth-order valence-corrected chi connectivity index (χ4v) is 6.42. The molecular weight excluding hydrogens is 348 g/mol. The number of thioether (sulfide) groups is 1. The van der Waals surface area contributed by atoms with Crippen LogP contribution in [0.5, 0.6) is 5.75 Å². The average Bonchev–Trinajstić information content (AvgIpc) is 2.90. The highest BCUT2D eigenvalue weighted by molar-refractivity contribution is 8.02. The van der Waals surface area contributed by atoms with Crippen LogP contribution in [0.3, 0.4) is 0 Å². The molecule has 2 heterocycles. The van der Waals surface area contributed by atoms with Gasteiger partial charge in [-0.25, -0.2) is 8.42 Å². The summed E-state index contributed by atoms with van der Waals surface area (Å²) in [4.78, 5) is 16.3. The van der Waals surface area contributed by atoms with E-state index >= 15 is 0 Å². The molecule has 0 aliphatic carbocycles. The van der Waals surface area contributed by atoms with E-state index in [-0.39, 0.29) is 22.7 Å². The van der Waals surface area contributed by atoms with Gasteiger partial charge in [0, 0.05) is 31.1 Å². The number of ether oxygens (including phenoxy) is 1. The Kier molecular flexibility index (Phi) is 4.96. The second kappa shape index (κ2) is 6.84. The first kappa shape index (κ1) is 17.4. The maximum atomic E-state index is 12.6. The van der Waals surface area contributed by atoms with Gasteiger partial charge in [-0.05, 0) is 18.6 Å². The molecule has 132 valence electrons. The van der Waals surface area contributed by atoms with Gasteiger partial charge in [0.25, 0.3) is 0 Å². The van der Waals surface area contributed by atoms with Gasteiger partial charge in [-0.2, -0.15) is 0 Å². The van der Waals surface area contributed by atoms with Gasteiger partial charge in [-0.1, -0.05) is 0 Å². The van der Waals surface area contributed by atoms with Crippen molar-refractivity contribution in [2.45, 2.75) is 11.7 Å². The molecule has 1 aromatic rings. The lowest BCUT2D eigenvalue weighted by molar-refractivity contribution is -0.116. The maximum Gasteiger partial charge on any atom is 0.237 e. The Morgan fingerprint density at radius 3 is 2.88 bits per heavy atom. The van der Waals surface area contributed by atoms with E-state index in [0.717, 1.165) is 11.4 Å². The van der Waals surface area contributed by atoms with Gasteiger partial charge < -0.3 is 14.5 Å². The number of amides is 1. The van der Waals surface area contributed by atoms with Crippen LogP contribution >= 0.6 is 11.8 Å². The normalized spacial score (nSPS) is 21.9. The van der Waals surface area contributed by atoms with E-state index in [4.69, 9.17) is 4.74 Å². The van der Waals surface area contributed by atoms with Crippen molar-refractivity contribution >= 4 is 38.9 Å². The van der Waals surface area contributed by atoms with E-state index in [2.05, 4.69) is 0 Å². The Bertz CT molecular complexity index is 734. The predicted octanol–water partition coefficient (Wildman–Crippen LogP) is 1.40. The summed E-state index contributed by atoms with van der Waals surface area (Å²) in [5.74, 6) is 1.46. The van der Waals surface area contributed by atoms with Crippen LogP contribution in [0.15, 0.2) is 18.2 Å². The summed E-state index contributed by atoms with van der Waals surface area (Å²) in [6.45, 7) is 0.995. The Morgan fingerprint density at radius 1 is 1.42 bits per heavy atom. The number of benzene rings is 1. The van der Waals surface area contributed by atoms with Crippen molar-refractivity contribution in [1.82, 2.24) is 0 Å². The van der Waals surface area contributed by atoms with Crippen LogP contribution in [0.1, 0.15) is 6.42 Å². The zero-order chi connectivity index (χ0) is 17.3. The van der Waals surface area contributed by atoms with E-state index in [9.17, 15) is 13.2 Å². The maximum absolute atomic E-state index is 12.6. The fourth-order valence-electron chi connectivity index (χ4n) is 2.91. The number of nitrogens with zero attached hydrogens (tertiary/aromatic N) is 2. The first-order valence-electron chi connectivity index (χ1n) is 7.92. The van der Waals surface area contributed by atoms with Crippen LogP contribution in [-0.2, 0) is 14.6 Å². The summed E-state index contributed by atoms with van der Waals surface area (Å²) in [5.41, 5.74) is 1.81. The molecule has 2 aliphatic rings. The SMILES string of the molecule is CN(C)c1ccc2c(c1)OCCN2C(=O)CS[C@H]1CCS(=O)(=O)C1. The molecule has 0 aromatic heterocycles. The number of fused-ring (bicyclic) bond motifs is 1. The first-order chi connectivity index (χ1) is 11.4. The zero-order valence-electron chi connectivity index (χ0n) is 13.9. The van der Waals surface area contributed by atoms with Crippen LogP contribution in [0.2, 0.25) is 0 Å². The Morgan fingerprint density at radius 2 is 2.21 bits per heavy atom.